The molecule has 3 fully saturated rings. The summed E-state index contributed by atoms with van der Waals surface area (Å²) < 4.78 is 27.7. The van der Waals surface area contributed by atoms with Crippen LogP contribution in [0.4, 0.5) is 0 Å². The van der Waals surface area contributed by atoms with Crippen molar-refractivity contribution in [2.75, 3.05) is 26.2 Å². The van der Waals surface area contributed by atoms with E-state index in [1.54, 1.807) is 0 Å². The lowest BCUT2D eigenvalue weighted by molar-refractivity contribution is -0.127. The van der Waals surface area contributed by atoms with E-state index in [2.05, 4.69) is 27.9 Å². The fraction of sp³-hybridized carbons (Fsp3) is 0.462. The van der Waals surface area contributed by atoms with E-state index in [9.17, 15) is 18.0 Å². The molecule has 0 aromatic heterocycles. The van der Waals surface area contributed by atoms with Crippen molar-refractivity contribution in [1.29, 1.82) is 0 Å². The number of hydrazine groups is 1. The van der Waals surface area contributed by atoms with Gasteiger partial charge in [0.25, 0.3) is 5.91 Å². The van der Waals surface area contributed by atoms with Gasteiger partial charge in [0.15, 0.2) is 0 Å². The van der Waals surface area contributed by atoms with E-state index in [1.165, 1.54) is 40.6 Å². The zero-order valence-electron chi connectivity index (χ0n) is 19.7. The van der Waals surface area contributed by atoms with E-state index in [4.69, 9.17) is 0 Å². The Morgan fingerprint density at radius 1 is 0.857 bits per heavy atom. The third kappa shape index (κ3) is 5.27. The van der Waals surface area contributed by atoms with Gasteiger partial charge in [0.2, 0.25) is 15.9 Å². The van der Waals surface area contributed by atoms with E-state index in [-0.39, 0.29) is 16.7 Å². The molecule has 2 aromatic rings. The number of nitrogens with one attached hydrogen (secondary N) is 2. The molecule has 1 saturated heterocycles. The maximum atomic E-state index is 13.1. The Balaban J connectivity index is 1.13. The molecule has 2 bridgehead atoms. The number of piperazine rings is 1. The van der Waals surface area contributed by atoms with E-state index in [1.807, 2.05) is 18.2 Å². The highest BCUT2D eigenvalue weighted by Gasteiger charge is 2.43. The van der Waals surface area contributed by atoms with Gasteiger partial charge in [0.05, 0.1) is 4.90 Å². The zero-order valence-corrected chi connectivity index (χ0v) is 20.5. The standard InChI is InChI=1S/C26H32N4O4S/c31-25(27-28-26(32)24-17-20-6-7-22(24)16-20)21-8-10-23(11-9-21)35(33,34)30-14-12-29(13-15-30)18-19-4-2-1-3-5-19/h1-5,8-11,20,22,24H,6-7,12-18H2,(H,27,31)(H,28,32). The van der Waals surface area contributed by atoms with Crippen molar-refractivity contribution in [3.8, 4) is 0 Å². The van der Waals surface area contributed by atoms with Crippen LogP contribution in [0.2, 0.25) is 0 Å². The van der Waals surface area contributed by atoms with Gasteiger partial charge >= 0.3 is 0 Å². The number of sulfonamides is 1. The van der Waals surface area contributed by atoms with Gasteiger partial charge in [0, 0.05) is 44.2 Å². The number of nitrogens with zero attached hydrogens (tertiary/aromatic N) is 2. The summed E-state index contributed by atoms with van der Waals surface area (Å²) >= 11 is 0. The molecule has 0 radical (unpaired) electrons. The fourth-order valence-electron chi connectivity index (χ4n) is 5.75. The van der Waals surface area contributed by atoms with E-state index < -0.39 is 15.9 Å². The minimum Gasteiger partial charge on any atom is -0.296 e. The van der Waals surface area contributed by atoms with Crippen LogP contribution in [0, 0.1) is 17.8 Å². The number of carbonyl (C=O) groups excluding carboxylic acids is 2. The second kappa shape index (κ2) is 10.1. The monoisotopic (exact) mass is 496 g/mol. The lowest BCUT2D eigenvalue weighted by atomic mass is 9.88. The van der Waals surface area contributed by atoms with Crippen LogP contribution in [0.3, 0.4) is 0 Å². The summed E-state index contributed by atoms with van der Waals surface area (Å²) in [4.78, 5) is 27.3. The predicted molar refractivity (Wildman–Crippen MR) is 131 cm³/mol. The fourth-order valence-corrected chi connectivity index (χ4v) is 7.17. The Labute approximate surface area is 206 Å². The first-order valence-corrected chi connectivity index (χ1v) is 13.8. The van der Waals surface area contributed by atoms with Crippen LogP contribution in [0.1, 0.15) is 41.6 Å². The molecule has 0 spiro atoms. The molecule has 2 aromatic carbocycles. The van der Waals surface area contributed by atoms with Gasteiger partial charge in [-0.25, -0.2) is 8.42 Å². The normalized spacial score (nSPS) is 24.9. The molecule has 2 amide bonds. The summed E-state index contributed by atoms with van der Waals surface area (Å²) in [5.41, 5.74) is 6.54. The molecule has 3 unspecified atom stereocenters. The van der Waals surface area contributed by atoms with Crippen molar-refractivity contribution in [3.63, 3.8) is 0 Å². The smallest absolute Gasteiger partial charge is 0.269 e. The van der Waals surface area contributed by atoms with Gasteiger partial charge in [-0.05, 0) is 60.9 Å². The number of hydrogen-bond acceptors (Lipinski definition) is 5. The van der Waals surface area contributed by atoms with Crippen LogP contribution in [-0.2, 0) is 21.4 Å². The van der Waals surface area contributed by atoms with Gasteiger partial charge in [-0.1, -0.05) is 36.8 Å². The van der Waals surface area contributed by atoms with Gasteiger partial charge in [-0.15, -0.1) is 0 Å². The molecule has 8 nitrogen and oxygen atoms in total. The van der Waals surface area contributed by atoms with Crippen molar-refractivity contribution in [2.24, 2.45) is 17.8 Å². The third-order valence-electron chi connectivity index (χ3n) is 7.71. The summed E-state index contributed by atoms with van der Waals surface area (Å²) in [6.07, 6.45) is 4.32. The van der Waals surface area contributed by atoms with Crippen LogP contribution in [0.15, 0.2) is 59.5 Å². The van der Waals surface area contributed by atoms with Gasteiger partial charge in [-0.3, -0.25) is 25.3 Å². The second-order valence-electron chi connectivity index (χ2n) is 9.91. The molecule has 186 valence electrons. The summed E-state index contributed by atoms with van der Waals surface area (Å²) in [5, 5.41) is 0. The van der Waals surface area contributed by atoms with Gasteiger partial charge < -0.3 is 0 Å². The molecule has 2 N–H and O–H groups in total. The van der Waals surface area contributed by atoms with E-state index in [0.717, 1.165) is 25.8 Å². The van der Waals surface area contributed by atoms with Crippen LogP contribution in [0.5, 0.6) is 0 Å². The van der Waals surface area contributed by atoms with Crippen molar-refractivity contribution < 1.29 is 18.0 Å². The largest absolute Gasteiger partial charge is 0.296 e. The molecule has 2 saturated carbocycles. The average molecular weight is 497 g/mol. The molecule has 2 aliphatic carbocycles. The Hall–Kier alpha value is -2.75. The quantitative estimate of drug-likeness (QED) is 0.599. The summed E-state index contributed by atoms with van der Waals surface area (Å²) in [5.74, 6) is 0.472. The lowest BCUT2D eigenvalue weighted by Gasteiger charge is -2.34. The first kappa shape index (κ1) is 24.0. The number of hydrogen-bond donors (Lipinski definition) is 2. The molecule has 1 heterocycles. The number of carbonyl (C=O) groups is 2. The third-order valence-corrected chi connectivity index (χ3v) is 9.62. The highest BCUT2D eigenvalue weighted by molar-refractivity contribution is 7.89. The molecular formula is C26H32N4O4S. The Morgan fingerprint density at radius 2 is 1.57 bits per heavy atom. The predicted octanol–water partition coefficient (Wildman–Crippen LogP) is 2.39. The van der Waals surface area contributed by atoms with Crippen molar-refractivity contribution in [2.45, 2.75) is 37.1 Å². The minimum absolute atomic E-state index is 0.0188. The molecule has 5 rings (SSSR count). The van der Waals surface area contributed by atoms with Crippen LogP contribution >= 0.6 is 0 Å². The molecule has 35 heavy (non-hydrogen) atoms. The van der Waals surface area contributed by atoms with Crippen molar-refractivity contribution in [1.82, 2.24) is 20.1 Å². The first-order valence-electron chi connectivity index (χ1n) is 12.4. The van der Waals surface area contributed by atoms with Crippen LogP contribution < -0.4 is 10.9 Å². The highest BCUT2D eigenvalue weighted by Crippen LogP contribution is 2.48. The molecule has 9 heteroatoms. The number of rotatable bonds is 6. The minimum atomic E-state index is -3.64. The van der Waals surface area contributed by atoms with Gasteiger partial charge in [0.1, 0.15) is 0 Å². The molecular weight excluding hydrogens is 464 g/mol. The number of fused-ring (bicyclic) bond motifs is 2. The van der Waals surface area contributed by atoms with E-state index in [0.29, 0.717) is 43.6 Å². The summed E-state index contributed by atoms with van der Waals surface area (Å²) in [7, 11) is -3.64. The van der Waals surface area contributed by atoms with Crippen LogP contribution in [0.25, 0.3) is 0 Å². The first-order chi connectivity index (χ1) is 16.9. The maximum Gasteiger partial charge on any atom is 0.269 e. The molecule has 3 aliphatic rings. The van der Waals surface area contributed by atoms with Gasteiger partial charge in [-0.2, -0.15) is 4.31 Å². The van der Waals surface area contributed by atoms with Crippen molar-refractivity contribution >= 4 is 21.8 Å². The summed E-state index contributed by atoms with van der Waals surface area (Å²) in [6.45, 7) is 2.98. The SMILES string of the molecule is O=C(NNC(=O)C1CC2CCC1C2)c1ccc(S(=O)(=O)N2CCN(Cc3ccccc3)CC2)cc1. The topological polar surface area (TPSA) is 98.8 Å². The Bertz CT molecular complexity index is 1160. The highest BCUT2D eigenvalue weighted by atomic mass is 32.2. The number of amides is 2. The lowest BCUT2D eigenvalue weighted by Crippen LogP contribution is -2.48. The summed E-state index contributed by atoms with van der Waals surface area (Å²) in [6, 6.07) is 16.0. The van der Waals surface area contributed by atoms with E-state index >= 15 is 0 Å². The maximum absolute atomic E-state index is 13.1. The Kier molecular flexibility index (Phi) is 6.91. The Morgan fingerprint density at radius 3 is 2.20 bits per heavy atom. The second-order valence-corrected chi connectivity index (χ2v) is 11.9. The van der Waals surface area contributed by atoms with Crippen molar-refractivity contribution in [3.05, 3.63) is 65.7 Å². The van der Waals surface area contributed by atoms with Crippen LogP contribution in [-0.4, -0.2) is 55.6 Å². The zero-order chi connectivity index (χ0) is 24.4. The number of benzene rings is 2. The average Bonchev–Trinajstić information content (AvgIpc) is 3.52. The molecule has 1 aliphatic heterocycles. The molecule has 3 atom stereocenters.